The molecule has 22 heavy (non-hydrogen) atoms. The van der Waals surface area contributed by atoms with Gasteiger partial charge < -0.3 is 19.3 Å². The van der Waals surface area contributed by atoms with E-state index < -0.39 is 0 Å². The average molecular weight is 302 g/mol. The number of aromatic nitrogens is 1. The molecule has 0 fully saturated rings. The molecule has 1 aliphatic rings. The summed E-state index contributed by atoms with van der Waals surface area (Å²) >= 11 is 0. The maximum absolute atomic E-state index is 11.8. The van der Waals surface area contributed by atoms with Gasteiger partial charge in [-0.3, -0.25) is 0 Å². The predicted molar refractivity (Wildman–Crippen MR) is 85.0 cm³/mol. The van der Waals surface area contributed by atoms with E-state index in [4.69, 9.17) is 9.84 Å². The molecule has 0 saturated carbocycles. The zero-order valence-corrected chi connectivity index (χ0v) is 13.1. The first-order valence-corrected chi connectivity index (χ1v) is 7.67. The van der Waals surface area contributed by atoms with Gasteiger partial charge in [0.25, 0.3) is 0 Å². The smallest absolute Gasteiger partial charge is 0.337 e. The number of methoxy groups -OCH3 is 1. The standard InChI is InChI=1S/C17H22N2O3/c1-18-8-6-16-14(11-18)13-10-12(17(21)22-2)4-5-15(13)19(16)7-3-9-20/h4-5,10,20H,3,6-9,11H2,1-2H3. The van der Waals surface area contributed by atoms with Crippen molar-refractivity contribution in [3.8, 4) is 0 Å². The summed E-state index contributed by atoms with van der Waals surface area (Å²) in [7, 11) is 3.52. The second-order valence-corrected chi connectivity index (χ2v) is 5.87. The first-order valence-electron chi connectivity index (χ1n) is 7.67. The summed E-state index contributed by atoms with van der Waals surface area (Å²) in [4.78, 5) is 14.1. The van der Waals surface area contributed by atoms with E-state index in [9.17, 15) is 4.79 Å². The minimum Gasteiger partial charge on any atom is -0.465 e. The topological polar surface area (TPSA) is 54.7 Å². The fraction of sp³-hybridized carbons (Fsp3) is 0.471. The van der Waals surface area contributed by atoms with Crippen LogP contribution in [0.3, 0.4) is 0 Å². The second kappa shape index (κ2) is 6.10. The highest BCUT2D eigenvalue weighted by molar-refractivity contribution is 5.96. The zero-order valence-electron chi connectivity index (χ0n) is 13.1. The van der Waals surface area contributed by atoms with Gasteiger partial charge in [0.2, 0.25) is 0 Å². The van der Waals surface area contributed by atoms with Gasteiger partial charge in [0.1, 0.15) is 0 Å². The molecule has 1 aliphatic heterocycles. The van der Waals surface area contributed by atoms with Crippen LogP contribution in [0.4, 0.5) is 0 Å². The average Bonchev–Trinajstić information content (AvgIpc) is 2.84. The molecule has 1 aromatic heterocycles. The molecule has 2 heterocycles. The van der Waals surface area contributed by atoms with Crippen LogP contribution in [0.15, 0.2) is 18.2 Å². The molecule has 0 spiro atoms. The van der Waals surface area contributed by atoms with Crippen LogP contribution < -0.4 is 0 Å². The summed E-state index contributed by atoms with van der Waals surface area (Å²) in [6.07, 6.45) is 1.74. The number of aliphatic hydroxyl groups is 1. The van der Waals surface area contributed by atoms with Crippen molar-refractivity contribution in [3.63, 3.8) is 0 Å². The van der Waals surface area contributed by atoms with Crippen molar-refractivity contribution in [1.29, 1.82) is 0 Å². The molecule has 118 valence electrons. The van der Waals surface area contributed by atoms with Crippen LogP contribution in [0.2, 0.25) is 0 Å². The van der Waals surface area contributed by atoms with Gasteiger partial charge in [-0.25, -0.2) is 4.79 Å². The number of nitrogens with zero attached hydrogens (tertiary/aromatic N) is 2. The van der Waals surface area contributed by atoms with E-state index in [1.165, 1.54) is 18.4 Å². The van der Waals surface area contributed by atoms with Gasteiger partial charge in [0.15, 0.2) is 0 Å². The molecule has 0 saturated heterocycles. The summed E-state index contributed by atoms with van der Waals surface area (Å²) < 4.78 is 7.13. The maximum Gasteiger partial charge on any atom is 0.337 e. The van der Waals surface area contributed by atoms with E-state index in [0.29, 0.717) is 5.56 Å². The Morgan fingerprint density at radius 1 is 1.41 bits per heavy atom. The Morgan fingerprint density at radius 3 is 2.95 bits per heavy atom. The lowest BCUT2D eigenvalue weighted by Gasteiger charge is -2.24. The number of fused-ring (bicyclic) bond motifs is 3. The fourth-order valence-electron chi connectivity index (χ4n) is 3.31. The lowest BCUT2D eigenvalue weighted by molar-refractivity contribution is 0.0601. The number of carbonyl (C=O) groups is 1. The van der Waals surface area contributed by atoms with Crippen LogP contribution >= 0.6 is 0 Å². The summed E-state index contributed by atoms with van der Waals surface area (Å²) in [6, 6.07) is 5.75. The molecular weight excluding hydrogens is 280 g/mol. The molecule has 0 aliphatic carbocycles. The van der Waals surface area contributed by atoms with Crippen LogP contribution in [0.5, 0.6) is 0 Å². The molecule has 0 amide bonds. The number of ether oxygens (including phenoxy) is 1. The first kappa shape index (κ1) is 15.1. The van der Waals surface area contributed by atoms with Gasteiger partial charge in [0.05, 0.1) is 12.7 Å². The van der Waals surface area contributed by atoms with E-state index in [2.05, 4.69) is 16.5 Å². The SMILES string of the molecule is COC(=O)c1ccc2c(c1)c1c(n2CCCO)CCN(C)C1. The molecule has 5 nitrogen and oxygen atoms in total. The van der Waals surface area contributed by atoms with Crippen molar-refractivity contribution >= 4 is 16.9 Å². The number of aliphatic hydroxyl groups excluding tert-OH is 1. The maximum atomic E-state index is 11.8. The highest BCUT2D eigenvalue weighted by Gasteiger charge is 2.23. The molecular formula is C17H22N2O3. The number of rotatable bonds is 4. The summed E-state index contributed by atoms with van der Waals surface area (Å²) in [5.74, 6) is -0.303. The van der Waals surface area contributed by atoms with Crippen molar-refractivity contribution in [2.45, 2.75) is 25.9 Å². The number of carbonyl (C=O) groups excluding carboxylic acids is 1. The molecule has 0 bridgehead atoms. The summed E-state index contributed by atoms with van der Waals surface area (Å²) in [6.45, 7) is 2.92. The number of benzene rings is 1. The Kier molecular flexibility index (Phi) is 4.18. The number of esters is 1. The molecule has 0 radical (unpaired) electrons. The van der Waals surface area contributed by atoms with E-state index in [1.807, 2.05) is 18.2 Å². The van der Waals surface area contributed by atoms with Crippen LogP contribution in [0, 0.1) is 0 Å². The van der Waals surface area contributed by atoms with Crippen molar-refractivity contribution in [2.24, 2.45) is 0 Å². The normalized spacial score (nSPS) is 15.0. The molecule has 5 heteroatoms. The summed E-state index contributed by atoms with van der Waals surface area (Å²) in [5, 5.41) is 10.3. The molecule has 1 aromatic carbocycles. The Labute approximate surface area is 130 Å². The van der Waals surface area contributed by atoms with Gasteiger partial charge in [-0.05, 0) is 37.2 Å². The Bertz CT molecular complexity index is 705. The quantitative estimate of drug-likeness (QED) is 0.875. The Morgan fingerprint density at radius 2 is 2.23 bits per heavy atom. The number of hydrogen-bond acceptors (Lipinski definition) is 4. The third-order valence-corrected chi connectivity index (χ3v) is 4.41. The Hall–Kier alpha value is -1.85. The molecule has 1 N–H and O–H groups in total. The van der Waals surface area contributed by atoms with Gasteiger partial charge in [0, 0.05) is 49.3 Å². The number of hydrogen-bond donors (Lipinski definition) is 1. The van der Waals surface area contributed by atoms with Crippen LogP contribution in [-0.2, 0) is 24.2 Å². The first-order chi connectivity index (χ1) is 10.7. The van der Waals surface area contributed by atoms with Crippen molar-refractivity contribution in [3.05, 3.63) is 35.0 Å². The second-order valence-electron chi connectivity index (χ2n) is 5.87. The fourth-order valence-corrected chi connectivity index (χ4v) is 3.31. The number of likely N-dealkylation sites (N-methyl/N-ethyl adjacent to an activating group) is 1. The predicted octanol–water partition coefficient (Wildman–Crippen LogP) is 1.80. The van der Waals surface area contributed by atoms with Crippen LogP contribution in [0.25, 0.3) is 10.9 Å². The Balaban J connectivity index is 2.16. The minimum atomic E-state index is -0.303. The van der Waals surface area contributed by atoms with Crippen molar-refractivity contribution < 1.29 is 14.6 Å². The highest BCUT2D eigenvalue weighted by Crippen LogP contribution is 2.31. The van der Waals surface area contributed by atoms with Gasteiger partial charge in [-0.15, -0.1) is 0 Å². The largest absolute Gasteiger partial charge is 0.465 e. The highest BCUT2D eigenvalue weighted by atomic mass is 16.5. The van der Waals surface area contributed by atoms with E-state index in [1.54, 1.807) is 0 Å². The lowest BCUT2D eigenvalue weighted by atomic mass is 10.0. The number of aryl methyl sites for hydroxylation is 1. The lowest BCUT2D eigenvalue weighted by Crippen LogP contribution is -2.27. The van der Waals surface area contributed by atoms with Gasteiger partial charge in [-0.1, -0.05) is 0 Å². The van der Waals surface area contributed by atoms with Crippen molar-refractivity contribution in [1.82, 2.24) is 9.47 Å². The monoisotopic (exact) mass is 302 g/mol. The minimum absolute atomic E-state index is 0.189. The zero-order chi connectivity index (χ0) is 15.7. The summed E-state index contributed by atoms with van der Waals surface area (Å²) in [5.41, 5.74) is 4.36. The van der Waals surface area contributed by atoms with Gasteiger partial charge in [-0.2, -0.15) is 0 Å². The van der Waals surface area contributed by atoms with E-state index in [0.717, 1.165) is 43.4 Å². The van der Waals surface area contributed by atoms with Crippen molar-refractivity contribution in [2.75, 3.05) is 27.3 Å². The molecule has 2 aromatic rings. The molecule has 0 unspecified atom stereocenters. The third-order valence-electron chi connectivity index (χ3n) is 4.41. The van der Waals surface area contributed by atoms with E-state index >= 15 is 0 Å². The molecule has 3 rings (SSSR count). The third kappa shape index (κ3) is 2.51. The molecule has 0 atom stereocenters. The van der Waals surface area contributed by atoms with E-state index in [-0.39, 0.29) is 12.6 Å². The van der Waals surface area contributed by atoms with Crippen LogP contribution in [-0.4, -0.2) is 47.9 Å². The van der Waals surface area contributed by atoms with Crippen LogP contribution in [0.1, 0.15) is 28.0 Å². The van der Waals surface area contributed by atoms with Gasteiger partial charge >= 0.3 is 5.97 Å².